The van der Waals surface area contributed by atoms with Crippen molar-refractivity contribution in [2.24, 2.45) is 0 Å². The average Bonchev–Trinajstić information content (AvgIpc) is 3.37. The van der Waals surface area contributed by atoms with E-state index in [1.54, 1.807) is 17.1 Å². The van der Waals surface area contributed by atoms with Crippen LogP contribution in [0.3, 0.4) is 0 Å². The van der Waals surface area contributed by atoms with Crippen LogP contribution in [0.2, 0.25) is 0 Å². The summed E-state index contributed by atoms with van der Waals surface area (Å²) in [5.74, 6) is -0.286. The van der Waals surface area contributed by atoms with E-state index in [0.29, 0.717) is 30.0 Å². The fraction of sp³-hybridized carbons (Fsp3) is 0.174. The summed E-state index contributed by atoms with van der Waals surface area (Å²) in [7, 11) is 0. The quantitative estimate of drug-likeness (QED) is 0.552. The van der Waals surface area contributed by atoms with E-state index in [0.717, 1.165) is 16.5 Å². The largest absolute Gasteiger partial charge is 0.349 e. The number of anilines is 1. The highest BCUT2D eigenvalue weighted by Crippen LogP contribution is 2.29. The van der Waals surface area contributed by atoms with Gasteiger partial charge in [-0.2, -0.15) is 5.10 Å². The van der Waals surface area contributed by atoms with Crippen LogP contribution in [0.4, 0.5) is 5.69 Å². The Hall–Kier alpha value is -3.87. The fourth-order valence-corrected chi connectivity index (χ4v) is 3.91. The molecule has 0 unspecified atom stereocenters. The van der Waals surface area contributed by atoms with Gasteiger partial charge in [0.05, 0.1) is 23.8 Å². The van der Waals surface area contributed by atoms with E-state index < -0.39 is 0 Å². The molecule has 0 saturated carbocycles. The predicted molar refractivity (Wildman–Crippen MR) is 115 cm³/mol. The molecule has 7 heteroatoms. The van der Waals surface area contributed by atoms with E-state index in [1.165, 1.54) is 0 Å². The first-order chi connectivity index (χ1) is 14.6. The summed E-state index contributed by atoms with van der Waals surface area (Å²) >= 11 is 0. The van der Waals surface area contributed by atoms with Gasteiger partial charge in [0.1, 0.15) is 5.69 Å². The maximum absolute atomic E-state index is 12.7. The highest BCUT2D eigenvalue weighted by atomic mass is 16.2. The van der Waals surface area contributed by atoms with Gasteiger partial charge in [-0.25, -0.2) is 0 Å². The van der Waals surface area contributed by atoms with Gasteiger partial charge in [-0.3, -0.25) is 14.3 Å². The molecule has 0 saturated heterocycles. The molecular formula is C23H21N5O2. The summed E-state index contributed by atoms with van der Waals surface area (Å²) in [4.78, 5) is 24.9. The van der Waals surface area contributed by atoms with Crippen LogP contribution < -0.4 is 10.6 Å². The molecule has 2 aromatic heterocycles. The minimum atomic E-state index is -0.218. The molecule has 1 aliphatic rings. The zero-order valence-electron chi connectivity index (χ0n) is 16.5. The van der Waals surface area contributed by atoms with E-state index >= 15 is 0 Å². The van der Waals surface area contributed by atoms with Gasteiger partial charge in [-0.15, -0.1) is 0 Å². The average molecular weight is 399 g/mol. The number of nitrogens with zero attached hydrogens (tertiary/aromatic N) is 3. The first-order valence-corrected chi connectivity index (χ1v) is 9.89. The van der Waals surface area contributed by atoms with E-state index in [9.17, 15) is 9.59 Å². The molecule has 0 fully saturated rings. The third kappa shape index (κ3) is 3.24. The molecule has 0 bridgehead atoms. The van der Waals surface area contributed by atoms with Gasteiger partial charge in [-0.05, 0) is 30.7 Å². The Morgan fingerprint density at radius 1 is 1.20 bits per heavy atom. The highest BCUT2D eigenvalue weighted by Gasteiger charge is 2.24. The monoisotopic (exact) mass is 399 g/mol. The lowest BCUT2D eigenvalue weighted by Gasteiger charge is -2.24. The third-order valence-corrected chi connectivity index (χ3v) is 5.41. The minimum Gasteiger partial charge on any atom is -0.349 e. The molecule has 150 valence electrons. The van der Waals surface area contributed by atoms with Crippen molar-refractivity contribution in [1.82, 2.24) is 19.7 Å². The van der Waals surface area contributed by atoms with Crippen molar-refractivity contribution < 1.29 is 9.59 Å². The van der Waals surface area contributed by atoms with Crippen LogP contribution in [0.15, 0.2) is 67.0 Å². The van der Waals surface area contributed by atoms with Crippen molar-refractivity contribution in [2.45, 2.75) is 19.5 Å². The number of fused-ring (bicyclic) bond motifs is 3. The van der Waals surface area contributed by atoms with Gasteiger partial charge in [0, 0.05) is 29.9 Å². The summed E-state index contributed by atoms with van der Waals surface area (Å²) in [5.41, 5.74) is 3.88. The number of hydrogen-bond donors (Lipinski definition) is 2. The molecule has 2 N–H and O–H groups in total. The fourth-order valence-electron chi connectivity index (χ4n) is 3.91. The molecule has 30 heavy (non-hydrogen) atoms. The molecule has 5 rings (SSSR count). The van der Waals surface area contributed by atoms with Crippen molar-refractivity contribution in [3.63, 3.8) is 0 Å². The van der Waals surface area contributed by atoms with Gasteiger partial charge < -0.3 is 15.2 Å². The van der Waals surface area contributed by atoms with Crippen LogP contribution in [-0.2, 0) is 6.54 Å². The van der Waals surface area contributed by atoms with E-state index in [-0.39, 0.29) is 17.9 Å². The lowest BCUT2D eigenvalue weighted by molar-refractivity contribution is 0.0918. The van der Waals surface area contributed by atoms with E-state index in [4.69, 9.17) is 0 Å². The number of carbonyl (C=O) groups is 2. The molecule has 2 amide bonds. The zero-order chi connectivity index (χ0) is 20.7. The Balaban J connectivity index is 1.37. The van der Waals surface area contributed by atoms with Crippen molar-refractivity contribution in [3.05, 3.63) is 83.8 Å². The lowest BCUT2D eigenvalue weighted by atomic mass is 10.2. The number of amides is 2. The Labute approximate surface area is 173 Å². The van der Waals surface area contributed by atoms with Gasteiger partial charge in [0.2, 0.25) is 0 Å². The van der Waals surface area contributed by atoms with Crippen molar-refractivity contribution in [2.75, 3.05) is 11.9 Å². The summed E-state index contributed by atoms with van der Waals surface area (Å²) < 4.78 is 3.78. The number of benzene rings is 2. The number of rotatable bonds is 4. The maximum atomic E-state index is 12.7. The van der Waals surface area contributed by atoms with Crippen LogP contribution >= 0.6 is 0 Å². The van der Waals surface area contributed by atoms with Crippen LogP contribution in [0.25, 0.3) is 10.9 Å². The van der Waals surface area contributed by atoms with Crippen molar-refractivity contribution >= 4 is 28.4 Å². The topological polar surface area (TPSA) is 81.0 Å². The molecule has 4 aromatic rings. The maximum Gasteiger partial charge on any atom is 0.268 e. The molecule has 1 atom stereocenters. The Morgan fingerprint density at radius 3 is 2.87 bits per heavy atom. The Bertz CT molecular complexity index is 1260. The number of aromatic nitrogens is 3. The van der Waals surface area contributed by atoms with Crippen LogP contribution in [0, 0.1) is 0 Å². The van der Waals surface area contributed by atoms with Gasteiger partial charge in [0.15, 0.2) is 0 Å². The van der Waals surface area contributed by atoms with E-state index in [2.05, 4.69) is 22.7 Å². The first-order valence-electron chi connectivity index (χ1n) is 9.89. The number of hydrogen-bond acceptors (Lipinski definition) is 3. The van der Waals surface area contributed by atoms with Crippen molar-refractivity contribution in [1.29, 1.82) is 0 Å². The summed E-state index contributed by atoms with van der Waals surface area (Å²) in [6.07, 6.45) is 3.31. The summed E-state index contributed by atoms with van der Waals surface area (Å²) in [6.45, 7) is 3.26. The predicted octanol–water partition coefficient (Wildman–Crippen LogP) is 3.44. The molecule has 1 aliphatic heterocycles. The van der Waals surface area contributed by atoms with E-state index in [1.807, 2.05) is 59.2 Å². The van der Waals surface area contributed by atoms with Crippen LogP contribution in [0.5, 0.6) is 0 Å². The molecular weight excluding hydrogens is 378 g/mol. The van der Waals surface area contributed by atoms with Crippen LogP contribution in [0.1, 0.15) is 39.4 Å². The third-order valence-electron chi connectivity index (χ3n) is 5.41. The first kappa shape index (κ1) is 18.2. The second kappa shape index (κ2) is 7.18. The number of nitrogens with one attached hydrogen (secondary N) is 2. The second-order valence-corrected chi connectivity index (χ2v) is 7.60. The summed E-state index contributed by atoms with van der Waals surface area (Å²) in [6, 6.07) is 17.7. The van der Waals surface area contributed by atoms with Crippen molar-refractivity contribution in [3.8, 4) is 0 Å². The van der Waals surface area contributed by atoms with Crippen LogP contribution in [-0.4, -0.2) is 32.7 Å². The standard InChI is InChI=1S/C23H21N5O2/c1-15-11-24-23(30)21-9-17-7-8-19(10-20(17)28(15)21)26-22(29)18-12-25-27(14-18)13-16-5-3-2-4-6-16/h2-10,12,14-15H,11,13H2,1H3,(H,24,30)(H,26,29)/t15-/m1/s1. The Morgan fingerprint density at radius 2 is 2.03 bits per heavy atom. The molecule has 0 spiro atoms. The molecule has 0 radical (unpaired) electrons. The van der Waals surface area contributed by atoms with Gasteiger partial charge in [-0.1, -0.05) is 36.4 Å². The molecule has 7 nitrogen and oxygen atoms in total. The SMILES string of the molecule is C[C@@H]1CNC(=O)c2cc3ccc(NC(=O)c4cnn(Cc5ccccc5)c4)cc3n21. The van der Waals surface area contributed by atoms with Gasteiger partial charge in [0.25, 0.3) is 11.8 Å². The zero-order valence-corrected chi connectivity index (χ0v) is 16.5. The normalized spacial score (nSPS) is 15.6. The number of carbonyl (C=O) groups excluding carboxylic acids is 2. The lowest BCUT2D eigenvalue weighted by Crippen LogP contribution is -2.37. The molecule has 2 aromatic carbocycles. The highest BCUT2D eigenvalue weighted by molar-refractivity contribution is 6.05. The summed E-state index contributed by atoms with van der Waals surface area (Å²) in [5, 5.41) is 11.1. The Kier molecular flexibility index (Phi) is 4.35. The van der Waals surface area contributed by atoms with Gasteiger partial charge >= 0.3 is 0 Å². The molecule has 3 heterocycles. The second-order valence-electron chi connectivity index (χ2n) is 7.60. The smallest absolute Gasteiger partial charge is 0.268 e. The minimum absolute atomic E-state index is 0.0688. The molecule has 0 aliphatic carbocycles.